The Bertz CT molecular complexity index is 1080. The molecule has 0 atom stereocenters. The number of hydrogen-bond acceptors (Lipinski definition) is 2. The zero-order valence-electron chi connectivity index (χ0n) is 15.6. The zero-order chi connectivity index (χ0) is 18.9. The van der Waals surface area contributed by atoms with Crippen LogP contribution in [0.4, 0.5) is 4.39 Å². The van der Waals surface area contributed by atoms with E-state index in [1.54, 1.807) is 12.3 Å². The van der Waals surface area contributed by atoms with Gasteiger partial charge in [-0.1, -0.05) is 37.6 Å². The first-order chi connectivity index (χ1) is 12.1. The summed E-state index contributed by atoms with van der Waals surface area (Å²) >= 11 is 6.42. The molecule has 0 amide bonds. The van der Waals surface area contributed by atoms with Gasteiger partial charge in [0.2, 0.25) is 0 Å². The third-order valence-electron chi connectivity index (χ3n) is 5.87. The predicted molar refractivity (Wildman–Crippen MR) is 104 cm³/mol. The van der Waals surface area contributed by atoms with E-state index in [4.69, 9.17) is 16.6 Å². The van der Waals surface area contributed by atoms with Gasteiger partial charge in [-0.15, -0.1) is 0 Å². The highest BCUT2D eigenvalue weighted by molar-refractivity contribution is 6.34. The Morgan fingerprint density at radius 1 is 1.12 bits per heavy atom. The normalized spacial score (nSPS) is 17.9. The molecule has 134 valence electrons. The van der Waals surface area contributed by atoms with Gasteiger partial charge < -0.3 is 0 Å². The third-order valence-corrected chi connectivity index (χ3v) is 6.34. The number of benzene rings is 1. The lowest BCUT2D eigenvalue weighted by molar-refractivity contribution is 0.293. The van der Waals surface area contributed by atoms with E-state index in [1.165, 1.54) is 6.07 Å². The van der Waals surface area contributed by atoms with Crippen LogP contribution in [0.2, 0.25) is 5.02 Å². The molecule has 0 saturated heterocycles. The van der Waals surface area contributed by atoms with E-state index < -0.39 is 11.0 Å². The van der Waals surface area contributed by atoms with E-state index in [0.717, 1.165) is 22.5 Å². The van der Waals surface area contributed by atoms with Crippen LogP contribution in [0.25, 0.3) is 5.65 Å². The van der Waals surface area contributed by atoms with Gasteiger partial charge in [-0.3, -0.25) is 9.39 Å². The fourth-order valence-corrected chi connectivity index (χ4v) is 3.83. The summed E-state index contributed by atoms with van der Waals surface area (Å²) in [5.74, 6) is -0.198. The molecule has 5 heteroatoms. The lowest BCUT2D eigenvalue weighted by Crippen LogP contribution is -2.47. The van der Waals surface area contributed by atoms with Crippen molar-refractivity contribution in [1.29, 1.82) is 0 Å². The lowest BCUT2D eigenvalue weighted by Gasteiger charge is -2.44. The summed E-state index contributed by atoms with van der Waals surface area (Å²) in [6, 6.07) is 7.14. The number of aliphatic imine (C=N–C) groups is 1. The van der Waals surface area contributed by atoms with Gasteiger partial charge >= 0.3 is 0 Å². The Morgan fingerprint density at radius 3 is 2.58 bits per heavy atom. The highest BCUT2D eigenvalue weighted by Crippen LogP contribution is 2.45. The third kappa shape index (κ3) is 2.18. The molecule has 1 aromatic carbocycles. The molecule has 3 heterocycles. The topological polar surface area (TPSA) is 29.7 Å². The molecular weight excluding hydrogens is 349 g/mol. The van der Waals surface area contributed by atoms with Gasteiger partial charge in [0.25, 0.3) is 0 Å². The Labute approximate surface area is 157 Å². The molecule has 26 heavy (non-hydrogen) atoms. The minimum absolute atomic E-state index is 0.198. The van der Waals surface area contributed by atoms with Gasteiger partial charge in [-0.05, 0) is 38.5 Å². The molecule has 0 N–H and O–H groups in total. The molecule has 0 fully saturated rings. The smallest absolute Gasteiger partial charge is 0.156 e. The molecule has 1 aliphatic rings. The Balaban J connectivity index is 2.06. The van der Waals surface area contributed by atoms with Gasteiger partial charge in [0.05, 0.1) is 28.2 Å². The summed E-state index contributed by atoms with van der Waals surface area (Å²) in [5, 5.41) is 0.620. The van der Waals surface area contributed by atoms with Crippen LogP contribution in [0.15, 0.2) is 41.7 Å². The highest BCUT2D eigenvalue weighted by atomic mass is 35.5. The molecule has 0 unspecified atom stereocenters. The van der Waals surface area contributed by atoms with Crippen LogP contribution in [0.5, 0.6) is 0 Å². The first-order valence-corrected chi connectivity index (χ1v) is 9.05. The van der Waals surface area contributed by atoms with Crippen LogP contribution < -0.4 is 0 Å². The Hall–Kier alpha value is -2.20. The summed E-state index contributed by atoms with van der Waals surface area (Å²) < 4.78 is 16.8. The number of aromatic nitrogens is 2. The fourth-order valence-electron chi connectivity index (χ4n) is 3.62. The maximum atomic E-state index is 14.9. The lowest BCUT2D eigenvalue weighted by atomic mass is 9.66. The number of fused-ring (bicyclic) bond motifs is 2. The van der Waals surface area contributed by atoms with Gasteiger partial charge in [0.15, 0.2) is 5.65 Å². The monoisotopic (exact) mass is 369 g/mol. The molecular formula is C21H21ClFN3. The van der Waals surface area contributed by atoms with Crippen molar-refractivity contribution in [2.24, 2.45) is 4.99 Å². The summed E-state index contributed by atoms with van der Waals surface area (Å²) in [6.45, 7) is 10.1. The average Bonchev–Trinajstić information content (AvgIpc) is 2.99. The van der Waals surface area contributed by atoms with Gasteiger partial charge in [0, 0.05) is 22.7 Å². The summed E-state index contributed by atoms with van der Waals surface area (Å²) in [6.07, 6.45) is 3.70. The maximum absolute atomic E-state index is 14.9. The van der Waals surface area contributed by atoms with E-state index >= 15 is 0 Å². The molecule has 0 saturated carbocycles. The molecule has 0 spiro atoms. The van der Waals surface area contributed by atoms with Crippen LogP contribution in [-0.2, 0) is 5.41 Å². The van der Waals surface area contributed by atoms with E-state index in [-0.39, 0.29) is 5.82 Å². The number of aryl methyl sites for hydroxylation is 1. The van der Waals surface area contributed by atoms with Crippen LogP contribution in [0.1, 0.15) is 50.1 Å². The second-order valence-electron chi connectivity index (χ2n) is 7.96. The Kier molecular flexibility index (Phi) is 3.58. The van der Waals surface area contributed by atoms with E-state index in [9.17, 15) is 4.39 Å². The van der Waals surface area contributed by atoms with Crippen molar-refractivity contribution in [1.82, 2.24) is 9.38 Å². The van der Waals surface area contributed by atoms with Crippen molar-refractivity contribution in [3.8, 4) is 0 Å². The minimum Gasteiger partial charge on any atom is -0.297 e. The first kappa shape index (κ1) is 17.2. The second-order valence-corrected chi connectivity index (χ2v) is 8.33. The summed E-state index contributed by atoms with van der Waals surface area (Å²) in [7, 11) is 0. The van der Waals surface area contributed by atoms with E-state index in [2.05, 4.69) is 4.98 Å². The Morgan fingerprint density at radius 2 is 1.85 bits per heavy atom. The van der Waals surface area contributed by atoms with Crippen LogP contribution in [0, 0.1) is 12.7 Å². The van der Waals surface area contributed by atoms with Crippen molar-refractivity contribution in [2.45, 2.75) is 45.6 Å². The molecule has 3 aromatic rings. The minimum atomic E-state index is -0.476. The largest absolute Gasteiger partial charge is 0.297 e. The van der Waals surface area contributed by atoms with Crippen molar-refractivity contribution in [3.05, 3.63) is 69.9 Å². The number of halogens is 2. The highest BCUT2D eigenvalue weighted by Gasteiger charge is 2.45. The average molecular weight is 370 g/mol. The summed E-state index contributed by atoms with van der Waals surface area (Å²) in [4.78, 5) is 9.53. The van der Waals surface area contributed by atoms with Crippen molar-refractivity contribution in [2.75, 3.05) is 0 Å². The molecule has 1 aliphatic heterocycles. The van der Waals surface area contributed by atoms with Crippen LogP contribution >= 0.6 is 11.6 Å². The number of nitrogens with zero attached hydrogens (tertiary/aromatic N) is 3. The number of imidazole rings is 1. The number of rotatable bonds is 1. The zero-order valence-corrected chi connectivity index (χ0v) is 16.3. The molecule has 2 aromatic heterocycles. The van der Waals surface area contributed by atoms with Gasteiger partial charge in [0.1, 0.15) is 5.82 Å². The molecule has 3 nitrogen and oxygen atoms in total. The van der Waals surface area contributed by atoms with Gasteiger partial charge in [-0.25, -0.2) is 9.37 Å². The SMILES string of the molecule is Cc1ccn2c(C3=NC(C)(C)C(C)(C)c4c(F)cccc43)cnc2c1Cl. The number of hydrogen-bond donors (Lipinski definition) is 0. The van der Waals surface area contributed by atoms with Crippen molar-refractivity contribution < 1.29 is 4.39 Å². The van der Waals surface area contributed by atoms with Gasteiger partial charge in [-0.2, -0.15) is 0 Å². The molecule has 4 rings (SSSR count). The van der Waals surface area contributed by atoms with E-state index in [1.807, 2.05) is 57.3 Å². The van der Waals surface area contributed by atoms with Crippen molar-refractivity contribution in [3.63, 3.8) is 0 Å². The van der Waals surface area contributed by atoms with Crippen LogP contribution in [-0.4, -0.2) is 20.6 Å². The van der Waals surface area contributed by atoms with E-state index in [0.29, 0.717) is 16.2 Å². The first-order valence-electron chi connectivity index (χ1n) is 8.67. The second kappa shape index (κ2) is 5.40. The van der Waals surface area contributed by atoms with Crippen LogP contribution in [0.3, 0.4) is 0 Å². The maximum Gasteiger partial charge on any atom is 0.156 e. The van der Waals surface area contributed by atoms with Crippen molar-refractivity contribution >= 4 is 23.0 Å². The quantitative estimate of drug-likeness (QED) is 0.569. The summed E-state index contributed by atoms with van der Waals surface area (Å²) in [5.41, 5.74) is 3.81. The molecule has 0 radical (unpaired) electrons. The fraction of sp³-hybridized carbons (Fsp3) is 0.333. The number of pyridine rings is 1. The molecule has 0 bridgehead atoms. The standard InChI is InChI=1S/C21H21ClFN3/c1-12-9-10-26-15(11-24-19(26)17(12)22)18-13-7-6-8-14(23)16(13)20(2,3)21(4,5)25-18/h6-11H,1-5H3. The predicted octanol–water partition coefficient (Wildman–Crippen LogP) is 5.34. The molecule has 0 aliphatic carbocycles.